The lowest BCUT2D eigenvalue weighted by atomic mass is 10.1. The lowest BCUT2D eigenvalue weighted by Gasteiger charge is -2.03. The zero-order chi connectivity index (χ0) is 18.5. The van der Waals surface area contributed by atoms with E-state index in [1.54, 1.807) is 6.07 Å². The molecule has 1 aromatic heterocycles. The van der Waals surface area contributed by atoms with E-state index >= 15 is 0 Å². The average molecular weight is 352 g/mol. The second kappa shape index (κ2) is 12.3. The van der Waals surface area contributed by atoms with Gasteiger partial charge in [-0.25, -0.2) is 9.59 Å². The van der Waals surface area contributed by atoms with Crippen LogP contribution < -0.4 is 0 Å². The maximum atomic E-state index is 10.8. The predicted octanol–water partition coefficient (Wildman–Crippen LogP) is 4.49. The summed E-state index contributed by atoms with van der Waals surface area (Å²) in [7, 11) is 0. The minimum atomic E-state index is -1.50. The van der Waals surface area contributed by atoms with E-state index in [1.807, 2.05) is 0 Å². The smallest absolute Gasteiger partial charge is 0.343 e. The van der Waals surface area contributed by atoms with E-state index < -0.39 is 17.5 Å². The van der Waals surface area contributed by atoms with Crippen LogP contribution in [0.15, 0.2) is 22.1 Å². The second-order valence-electron chi connectivity index (χ2n) is 6.00. The Kier molecular flexibility index (Phi) is 10.3. The third-order valence-corrected chi connectivity index (χ3v) is 3.82. The van der Waals surface area contributed by atoms with E-state index in [4.69, 9.17) is 19.4 Å². The van der Waals surface area contributed by atoms with E-state index in [1.165, 1.54) is 44.6 Å². The van der Waals surface area contributed by atoms with Crippen LogP contribution in [0.1, 0.15) is 69.8 Å². The number of unbranched alkanes of at least 4 members (excludes halogenated alkanes) is 7. The molecule has 0 unspecified atom stereocenters. The van der Waals surface area contributed by atoms with Crippen LogP contribution in [0.5, 0.6) is 0 Å². The fraction of sp³-hybridized carbons (Fsp3) is 0.579. The molecule has 0 atom stereocenters. The first-order valence-electron chi connectivity index (χ1n) is 8.89. The molecular weight excluding hydrogens is 324 g/mol. The molecule has 0 aliphatic rings. The molecule has 0 radical (unpaired) electrons. The lowest BCUT2D eigenvalue weighted by Crippen LogP contribution is -2.10. The summed E-state index contributed by atoms with van der Waals surface area (Å²) in [6.07, 6.45) is 10.9. The number of hydrogen-bond donors (Lipinski definition) is 2. The molecule has 0 amide bonds. The Morgan fingerprint density at radius 3 is 2.20 bits per heavy atom. The molecule has 1 rings (SSSR count). The van der Waals surface area contributed by atoms with E-state index in [9.17, 15) is 9.59 Å². The molecule has 0 spiro atoms. The first kappa shape index (κ1) is 21.0. The van der Waals surface area contributed by atoms with Gasteiger partial charge in [0, 0.05) is 12.7 Å². The van der Waals surface area contributed by atoms with Crippen molar-refractivity contribution in [2.24, 2.45) is 0 Å². The molecule has 1 aromatic rings. The van der Waals surface area contributed by atoms with Gasteiger partial charge in [0.15, 0.2) is 0 Å². The molecule has 140 valence electrons. The Hall–Kier alpha value is -2.08. The molecule has 0 saturated carbocycles. The highest BCUT2D eigenvalue weighted by molar-refractivity contribution is 6.16. The molecule has 6 heteroatoms. The summed E-state index contributed by atoms with van der Waals surface area (Å²) in [6.45, 7) is 3.16. The van der Waals surface area contributed by atoms with Crippen molar-refractivity contribution in [2.45, 2.75) is 64.9 Å². The SMILES string of the molecule is CCCCCCCCCCOCc1ccc(C=C(C(=O)O)C(=O)O)o1. The fourth-order valence-corrected chi connectivity index (χ4v) is 2.42. The monoisotopic (exact) mass is 352 g/mol. The van der Waals surface area contributed by atoms with E-state index in [0.29, 0.717) is 19.0 Å². The number of carboxylic acids is 2. The van der Waals surface area contributed by atoms with Crippen LogP contribution in [-0.4, -0.2) is 28.8 Å². The molecule has 25 heavy (non-hydrogen) atoms. The van der Waals surface area contributed by atoms with Gasteiger partial charge in [0.2, 0.25) is 0 Å². The van der Waals surface area contributed by atoms with Crippen LogP contribution in [0.3, 0.4) is 0 Å². The van der Waals surface area contributed by atoms with Gasteiger partial charge in [-0.15, -0.1) is 0 Å². The van der Waals surface area contributed by atoms with Crippen molar-refractivity contribution in [3.05, 3.63) is 29.2 Å². The van der Waals surface area contributed by atoms with Crippen molar-refractivity contribution >= 4 is 18.0 Å². The summed E-state index contributed by atoms with van der Waals surface area (Å²) < 4.78 is 10.9. The van der Waals surface area contributed by atoms with Gasteiger partial charge < -0.3 is 19.4 Å². The number of furan rings is 1. The summed E-state index contributed by atoms with van der Waals surface area (Å²) in [4.78, 5) is 21.6. The average Bonchev–Trinajstić information content (AvgIpc) is 3.01. The summed E-state index contributed by atoms with van der Waals surface area (Å²) in [6, 6.07) is 3.18. The molecular formula is C19H28O6. The van der Waals surface area contributed by atoms with E-state index in [2.05, 4.69) is 6.92 Å². The van der Waals surface area contributed by atoms with Gasteiger partial charge in [0.05, 0.1) is 0 Å². The summed E-state index contributed by atoms with van der Waals surface area (Å²) in [5, 5.41) is 17.6. The highest BCUT2D eigenvalue weighted by Gasteiger charge is 2.16. The first-order chi connectivity index (χ1) is 12.0. The first-order valence-corrected chi connectivity index (χ1v) is 8.89. The Bertz CT molecular complexity index is 542. The third-order valence-electron chi connectivity index (χ3n) is 3.82. The Morgan fingerprint density at radius 2 is 1.60 bits per heavy atom. The zero-order valence-electron chi connectivity index (χ0n) is 14.8. The highest BCUT2D eigenvalue weighted by atomic mass is 16.5. The minimum Gasteiger partial charge on any atom is -0.477 e. The summed E-state index contributed by atoms with van der Waals surface area (Å²) >= 11 is 0. The predicted molar refractivity (Wildman–Crippen MR) is 94.2 cm³/mol. The van der Waals surface area contributed by atoms with Crippen LogP contribution in [0, 0.1) is 0 Å². The molecule has 1 heterocycles. The number of carbonyl (C=O) groups is 2. The number of carboxylic acid groups (broad SMARTS) is 2. The standard InChI is InChI=1S/C19H28O6/c1-2-3-4-5-6-7-8-9-12-24-14-16-11-10-15(25-16)13-17(18(20)21)19(22)23/h10-11,13H,2-9,12,14H2,1H3,(H,20,21)(H,22,23). The normalized spacial score (nSPS) is 10.6. The van der Waals surface area contributed by atoms with Crippen molar-refractivity contribution in [1.29, 1.82) is 0 Å². The maximum absolute atomic E-state index is 10.8. The Morgan fingerprint density at radius 1 is 1.00 bits per heavy atom. The summed E-state index contributed by atoms with van der Waals surface area (Å²) in [5.74, 6) is -2.28. The van der Waals surface area contributed by atoms with Crippen LogP contribution in [-0.2, 0) is 20.9 Å². The lowest BCUT2D eigenvalue weighted by molar-refractivity contribution is -0.140. The van der Waals surface area contributed by atoms with Gasteiger partial charge in [0.25, 0.3) is 0 Å². The topological polar surface area (TPSA) is 97.0 Å². The van der Waals surface area contributed by atoms with Gasteiger partial charge >= 0.3 is 11.9 Å². The van der Waals surface area contributed by atoms with Gasteiger partial charge in [-0.3, -0.25) is 0 Å². The van der Waals surface area contributed by atoms with Crippen molar-refractivity contribution in [3.63, 3.8) is 0 Å². The van der Waals surface area contributed by atoms with Gasteiger partial charge in [-0.2, -0.15) is 0 Å². The maximum Gasteiger partial charge on any atom is 0.343 e. The Labute approximate surface area is 148 Å². The van der Waals surface area contributed by atoms with Gasteiger partial charge in [0.1, 0.15) is 23.7 Å². The molecule has 2 N–H and O–H groups in total. The van der Waals surface area contributed by atoms with Crippen LogP contribution in [0.25, 0.3) is 6.08 Å². The molecule has 6 nitrogen and oxygen atoms in total. The van der Waals surface area contributed by atoms with Gasteiger partial charge in [-0.05, 0) is 18.6 Å². The number of rotatable bonds is 14. The minimum absolute atomic E-state index is 0.186. The van der Waals surface area contributed by atoms with Crippen molar-refractivity contribution in [1.82, 2.24) is 0 Å². The fourth-order valence-electron chi connectivity index (χ4n) is 2.42. The zero-order valence-corrected chi connectivity index (χ0v) is 14.8. The van der Waals surface area contributed by atoms with Gasteiger partial charge in [-0.1, -0.05) is 51.9 Å². The number of hydrogen-bond acceptors (Lipinski definition) is 4. The van der Waals surface area contributed by atoms with Crippen LogP contribution in [0.2, 0.25) is 0 Å². The van der Waals surface area contributed by atoms with Crippen molar-refractivity contribution in [3.8, 4) is 0 Å². The third kappa shape index (κ3) is 9.10. The molecule has 0 aromatic carbocycles. The second-order valence-corrected chi connectivity index (χ2v) is 6.00. The van der Waals surface area contributed by atoms with Crippen LogP contribution >= 0.6 is 0 Å². The van der Waals surface area contributed by atoms with Crippen LogP contribution in [0.4, 0.5) is 0 Å². The molecule has 0 aliphatic heterocycles. The van der Waals surface area contributed by atoms with E-state index in [-0.39, 0.29) is 5.76 Å². The number of ether oxygens (including phenoxy) is 1. The molecule has 0 saturated heterocycles. The molecule has 0 aliphatic carbocycles. The number of aliphatic carboxylic acids is 2. The quantitative estimate of drug-likeness (QED) is 0.222. The molecule has 0 fully saturated rings. The largest absolute Gasteiger partial charge is 0.477 e. The molecule has 0 bridgehead atoms. The van der Waals surface area contributed by atoms with Crippen molar-refractivity contribution in [2.75, 3.05) is 6.61 Å². The highest BCUT2D eigenvalue weighted by Crippen LogP contribution is 2.14. The van der Waals surface area contributed by atoms with E-state index in [0.717, 1.165) is 18.9 Å². The summed E-state index contributed by atoms with van der Waals surface area (Å²) in [5.41, 5.74) is -0.735. The van der Waals surface area contributed by atoms with Crippen molar-refractivity contribution < 1.29 is 29.0 Å². The Balaban J connectivity index is 2.21.